The summed E-state index contributed by atoms with van der Waals surface area (Å²) in [4.78, 5) is 14.0. The topological polar surface area (TPSA) is 48.0 Å². The number of carbonyl (C=O) groups excluding carboxylic acids is 1. The average molecular weight is 397 g/mol. The van der Waals surface area contributed by atoms with Gasteiger partial charge in [0.05, 0.1) is 26.5 Å². The zero-order valence-corrected chi connectivity index (χ0v) is 16.8. The molecule has 3 rings (SSSR count). The monoisotopic (exact) mass is 397 g/mol. The Morgan fingerprint density at radius 3 is 2.45 bits per heavy atom. The highest BCUT2D eigenvalue weighted by atomic mass is 19.1. The Morgan fingerprint density at radius 2 is 1.79 bits per heavy atom. The van der Waals surface area contributed by atoms with E-state index >= 15 is 0 Å². The van der Waals surface area contributed by atoms with Crippen LogP contribution in [-0.2, 0) is 11.3 Å². The third-order valence-electron chi connectivity index (χ3n) is 4.64. The molecule has 0 unspecified atom stereocenters. The third-order valence-corrected chi connectivity index (χ3v) is 4.64. The Morgan fingerprint density at radius 1 is 1.03 bits per heavy atom. The van der Waals surface area contributed by atoms with Gasteiger partial charge in [-0.1, -0.05) is 18.2 Å². The van der Waals surface area contributed by atoms with Crippen LogP contribution in [0.4, 0.5) is 4.39 Å². The van der Waals surface area contributed by atoms with Gasteiger partial charge >= 0.3 is 0 Å². The summed E-state index contributed by atoms with van der Waals surface area (Å²) in [6.07, 6.45) is 1.97. The van der Waals surface area contributed by atoms with Crippen molar-refractivity contribution in [2.75, 3.05) is 14.2 Å². The smallest absolute Gasteiger partial charge is 0.224 e. The lowest BCUT2D eigenvalue weighted by molar-refractivity contribution is -0.127. The fourth-order valence-electron chi connectivity index (χ4n) is 3.17. The van der Waals surface area contributed by atoms with Gasteiger partial charge in [0.1, 0.15) is 28.8 Å². The third kappa shape index (κ3) is 4.96. The van der Waals surface area contributed by atoms with E-state index in [1.54, 1.807) is 32.4 Å². The van der Waals surface area contributed by atoms with Crippen molar-refractivity contribution in [3.8, 4) is 17.2 Å². The Kier molecular flexibility index (Phi) is 6.54. The minimum absolute atomic E-state index is 0.191. The summed E-state index contributed by atoms with van der Waals surface area (Å²) in [5, 5.41) is 0. The molecule has 0 bridgehead atoms. The van der Waals surface area contributed by atoms with Gasteiger partial charge in [-0.3, -0.25) is 4.79 Å². The Labute approximate surface area is 170 Å². The summed E-state index contributed by atoms with van der Waals surface area (Å²) in [7, 11) is 3.13. The lowest BCUT2D eigenvalue weighted by Crippen LogP contribution is -2.30. The number of halogens is 1. The largest absolute Gasteiger partial charge is 0.497 e. The fraction of sp³-hybridized carbons (Fsp3) is 0.261. The van der Waals surface area contributed by atoms with Gasteiger partial charge < -0.3 is 19.1 Å². The van der Waals surface area contributed by atoms with Crippen LogP contribution in [-0.4, -0.2) is 25.0 Å². The van der Waals surface area contributed by atoms with Crippen molar-refractivity contribution in [1.82, 2.24) is 4.90 Å². The number of rotatable bonds is 7. The van der Waals surface area contributed by atoms with Crippen molar-refractivity contribution < 1.29 is 23.4 Å². The molecule has 2 aromatic rings. The van der Waals surface area contributed by atoms with Crippen LogP contribution in [0, 0.1) is 0 Å². The fourth-order valence-corrected chi connectivity index (χ4v) is 3.17. The summed E-state index contributed by atoms with van der Waals surface area (Å²) >= 11 is 0. The van der Waals surface area contributed by atoms with E-state index in [4.69, 9.17) is 14.2 Å². The van der Waals surface area contributed by atoms with Gasteiger partial charge in [-0.15, -0.1) is 0 Å². The quantitative estimate of drug-likeness (QED) is 0.660. The van der Waals surface area contributed by atoms with Crippen molar-refractivity contribution in [3.05, 3.63) is 77.5 Å². The molecule has 0 radical (unpaired) electrons. The average Bonchev–Trinajstić information content (AvgIpc) is 2.73. The van der Waals surface area contributed by atoms with E-state index in [1.165, 1.54) is 17.9 Å². The second-order valence-electron chi connectivity index (χ2n) is 6.60. The van der Waals surface area contributed by atoms with Crippen LogP contribution in [0.1, 0.15) is 25.3 Å². The van der Waals surface area contributed by atoms with E-state index in [0.717, 1.165) is 5.56 Å². The van der Waals surface area contributed by atoms with E-state index in [0.29, 0.717) is 35.1 Å². The van der Waals surface area contributed by atoms with Gasteiger partial charge in [0.15, 0.2) is 0 Å². The van der Waals surface area contributed by atoms with Crippen LogP contribution in [0.2, 0.25) is 0 Å². The first-order valence-corrected chi connectivity index (χ1v) is 9.33. The molecule has 0 aromatic heterocycles. The Balaban J connectivity index is 2.00. The minimum atomic E-state index is -0.288. The second kappa shape index (κ2) is 9.28. The van der Waals surface area contributed by atoms with E-state index in [-0.39, 0.29) is 24.7 Å². The molecule has 1 aliphatic carbocycles. The van der Waals surface area contributed by atoms with Gasteiger partial charge in [0.2, 0.25) is 5.91 Å². The molecule has 0 fully saturated rings. The number of amides is 1. The van der Waals surface area contributed by atoms with Crippen molar-refractivity contribution in [1.29, 1.82) is 0 Å². The number of methoxy groups -OCH3 is 2. The molecule has 0 spiro atoms. The molecule has 1 amide bonds. The van der Waals surface area contributed by atoms with E-state index in [1.807, 2.05) is 30.3 Å². The van der Waals surface area contributed by atoms with Crippen molar-refractivity contribution in [2.24, 2.45) is 0 Å². The number of nitrogens with zero attached hydrogens (tertiary/aromatic N) is 1. The molecular weight excluding hydrogens is 373 g/mol. The first-order chi connectivity index (χ1) is 14.0. The summed E-state index contributed by atoms with van der Waals surface area (Å²) < 4.78 is 30.9. The number of hydrogen-bond donors (Lipinski definition) is 0. The summed E-state index contributed by atoms with van der Waals surface area (Å²) in [5.41, 5.74) is 1.16. The van der Waals surface area contributed by atoms with Gasteiger partial charge in [-0.25, -0.2) is 4.39 Å². The van der Waals surface area contributed by atoms with Crippen LogP contribution >= 0.6 is 0 Å². The highest BCUT2D eigenvalue weighted by Gasteiger charge is 2.24. The highest BCUT2D eigenvalue weighted by molar-refractivity contribution is 5.76. The zero-order chi connectivity index (χ0) is 20.8. The molecule has 2 aromatic carbocycles. The Bertz CT molecular complexity index is 937. The first-order valence-electron chi connectivity index (χ1n) is 9.33. The van der Waals surface area contributed by atoms with E-state index < -0.39 is 0 Å². The number of benzene rings is 2. The predicted octanol–water partition coefficient (Wildman–Crippen LogP) is 4.99. The maximum absolute atomic E-state index is 14.2. The molecule has 6 heteroatoms. The van der Waals surface area contributed by atoms with Crippen molar-refractivity contribution in [3.63, 3.8) is 0 Å². The van der Waals surface area contributed by atoms with Gasteiger partial charge in [-0.2, -0.15) is 0 Å². The minimum Gasteiger partial charge on any atom is -0.497 e. The standard InChI is InChI=1S/C23H24FNO4/c1-16(26)25(15-17-13-20(27-2)10-12-22(17)28-3)21-14-18(24)9-11-23(21)29-19-7-5-4-6-8-19/h4-8,10,12-14H,9,11,15H2,1-3H3. The van der Waals surface area contributed by atoms with Gasteiger partial charge in [-0.05, 0) is 36.4 Å². The predicted molar refractivity (Wildman–Crippen MR) is 108 cm³/mol. The van der Waals surface area contributed by atoms with E-state index in [9.17, 15) is 9.18 Å². The molecule has 0 N–H and O–H groups in total. The molecule has 0 atom stereocenters. The molecule has 29 heavy (non-hydrogen) atoms. The highest BCUT2D eigenvalue weighted by Crippen LogP contribution is 2.32. The zero-order valence-electron chi connectivity index (χ0n) is 16.8. The molecule has 0 heterocycles. The molecular formula is C23H24FNO4. The Hall–Kier alpha value is -3.28. The summed E-state index contributed by atoms with van der Waals surface area (Å²) in [6, 6.07) is 14.6. The van der Waals surface area contributed by atoms with E-state index in [2.05, 4.69) is 0 Å². The van der Waals surface area contributed by atoms with Crippen LogP contribution in [0.15, 0.2) is 71.9 Å². The number of hydrogen-bond acceptors (Lipinski definition) is 4. The summed E-state index contributed by atoms with van der Waals surface area (Å²) in [5.74, 6) is 1.93. The first kappa shape index (κ1) is 20.5. The maximum atomic E-state index is 14.2. The number of ether oxygens (including phenoxy) is 3. The second-order valence-corrected chi connectivity index (χ2v) is 6.60. The van der Waals surface area contributed by atoms with Crippen LogP contribution < -0.4 is 14.2 Å². The normalized spacial score (nSPS) is 13.6. The molecule has 1 aliphatic rings. The van der Waals surface area contributed by atoms with Gasteiger partial charge in [0, 0.05) is 25.3 Å². The maximum Gasteiger partial charge on any atom is 0.224 e. The molecule has 0 saturated heterocycles. The summed E-state index contributed by atoms with van der Waals surface area (Å²) in [6.45, 7) is 1.64. The number of para-hydroxylation sites is 1. The SMILES string of the molecule is COc1ccc(OC)c(CN(C(C)=O)C2=C(Oc3ccccc3)CCC(F)=C2)c1. The van der Waals surface area contributed by atoms with Crippen molar-refractivity contribution in [2.45, 2.75) is 26.3 Å². The molecule has 152 valence electrons. The lowest BCUT2D eigenvalue weighted by atomic mass is 10.1. The number of carbonyl (C=O) groups is 1. The molecule has 0 aliphatic heterocycles. The van der Waals surface area contributed by atoms with Crippen LogP contribution in [0.25, 0.3) is 0 Å². The number of allylic oxidation sites excluding steroid dienone is 3. The van der Waals surface area contributed by atoms with Crippen LogP contribution in [0.3, 0.4) is 0 Å². The van der Waals surface area contributed by atoms with Crippen molar-refractivity contribution >= 4 is 5.91 Å². The lowest BCUT2D eigenvalue weighted by Gasteiger charge is -2.28. The van der Waals surface area contributed by atoms with Gasteiger partial charge in [0.25, 0.3) is 0 Å². The molecule has 5 nitrogen and oxygen atoms in total. The van der Waals surface area contributed by atoms with Crippen LogP contribution in [0.5, 0.6) is 17.2 Å². The molecule has 0 saturated carbocycles.